The highest BCUT2D eigenvalue weighted by atomic mass is 16.5. The molecule has 4 rings (SSSR count). The van der Waals surface area contributed by atoms with Crippen molar-refractivity contribution in [2.45, 2.75) is 30.9 Å². The van der Waals surface area contributed by atoms with Crippen molar-refractivity contribution >= 4 is 17.8 Å². The molecule has 0 bridgehead atoms. The lowest BCUT2D eigenvalue weighted by Crippen LogP contribution is -2.45. The number of amides is 1. The van der Waals surface area contributed by atoms with Crippen LogP contribution in [0.3, 0.4) is 0 Å². The molecule has 0 spiro atoms. The Bertz CT molecular complexity index is 1250. The first kappa shape index (κ1) is 26.4. The van der Waals surface area contributed by atoms with Crippen LogP contribution in [0.15, 0.2) is 121 Å². The van der Waals surface area contributed by atoms with Gasteiger partial charge in [-0.1, -0.05) is 121 Å². The molecule has 0 aliphatic rings. The minimum absolute atomic E-state index is 0.0269. The number of rotatable bonds is 11. The molecule has 38 heavy (non-hydrogen) atoms. The second-order valence-electron chi connectivity index (χ2n) is 8.99. The fourth-order valence-corrected chi connectivity index (χ4v) is 4.62. The molecule has 1 amide bonds. The molecular weight excluding hydrogens is 478 g/mol. The van der Waals surface area contributed by atoms with Crippen LogP contribution in [-0.2, 0) is 31.1 Å². The molecule has 0 fully saturated rings. The predicted molar refractivity (Wildman–Crippen MR) is 144 cm³/mol. The quantitative estimate of drug-likeness (QED) is 0.217. The van der Waals surface area contributed by atoms with Crippen LogP contribution in [0.25, 0.3) is 0 Å². The van der Waals surface area contributed by atoms with Crippen molar-refractivity contribution in [1.29, 1.82) is 0 Å². The van der Waals surface area contributed by atoms with Gasteiger partial charge in [-0.05, 0) is 22.3 Å². The molecule has 4 aromatic rings. The summed E-state index contributed by atoms with van der Waals surface area (Å²) in [6.07, 6.45) is -0.545. The summed E-state index contributed by atoms with van der Waals surface area (Å²) in [5, 5.41) is 12.4. The molecule has 0 radical (unpaired) electrons. The van der Waals surface area contributed by atoms with E-state index in [2.05, 4.69) is 5.32 Å². The van der Waals surface area contributed by atoms with Gasteiger partial charge >= 0.3 is 11.9 Å². The summed E-state index contributed by atoms with van der Waals surface area (Å²) < 4.78 is 5.25. The first-order valence-corrected chi connectivity index (χ1v) is 12.4. The lowest BCUT2D eigenvalue weighted by molar-refractivity contribution is -0.151. The Labute approximate surface area is 221 Å². The standard InChI is InChI=1S/C32H29NO5/c34-29(33-28(31(36)37)21-30(35)38-23-24-13-5-1-6-14-24)22-32(25-15-7-2-8-16-25,26-17-9-3-10-18-26)27-19-11-4-12-20-27/h1-20,28H,21-23H2,(H,33,34)(H,36,37)/t28-/m0/s1. The van der Waals surface area contributed by atoms with Crippen molar-refractivity contribution in [3.63, 3.8) is 0 Å². The summed E-state index contributed by atoms with van der Waals surface area (Å²) in [5.41, 5.74) is 2.57. The van der Waals surface area contributed by atoms with Gasteiger partial charge in [0.25, 0.3) is 0 Å². The van der Waals surface area contributed by atoms with Crippen molar-refractivity contribution in [3.05, 3.63) is 144 Å². The summed E-state index contributed by atoms with van der Waals surface area (Å²) in [6, 6.07) is 36.7. The summed E-state index contributed by atoms with van der Waals surface area (Å²) in [4.78, 5) is 38.0. The molecule has 0 unspecified atom stereocenters. The molecule has 1 atom stereocenters. The SMILES string of the molecule is O=C(CC(c1ccccc1)(c1ccccc1)c1ccccc1)N[C@@H](CC(=O)OCc1ccccc1)C(=O)O. The van der Waals surface area contributed by atoms with Gasteiger partial charge in [-0.25, -0.2) is 4.79 Å². The molecular formula is C32H29NO5. The molecule has 0 saturated heterocycles. The topological polar surface area (TPSA) is 92.7 Å². The molecule has 192 valence electrons. The van der Waals surface area contributed by atoms with E-state index in [0.29, 0.717) is 0 Å². The summed E-state index contributed by atoms with van der Waals surface area (Å²) in [6.45, 7) is 0.0269. The van der Waals surface area contributed by atoms with Gasteiger partial charge in [0.2, 0.25) is 5.91 Å². The van der Waals surface area contributed by atoms with Crippen LogP contribution in [0.5, 0.6) is 0 Å². The predicted octanol–water partition coefficient (Wildman–Crippen LogP) is 5.11. The van der Waals surface area contributed by atoms with Crippen LogP contribution in [0.1, 0.15) is 35.1 Å². The zero-order valence-corrected chi connectivity index (χ0v) is 20.8. The average molecular weight is 508 g/mol. The molecule has 0 heterocycles. The normalized spacial score (nSPS) is 11.8. The number of nitrogens with one attached hydrogen (secondary N) is 1. The fraction of sp³-hybridized carbons (Fsp3) is 0.156. The number of carboxylic acid groups (broad SMARTS) is 1. The van der Waals surface area contributed by atoms with Crippen molar-refractivity contribution in [1.82, 2.24) is 5.32 Å². The molecule has 6 heteroatoms. The van der Waals surface area contributed by atoms with E-state index in [-0.39, 0.29) is 13.0 Å². The zero-order valence-electron chi connectivity index (χ0n) is 20.8. The maximum absolute atomic E-state index is 13.5. The first-order chi connectivity index (χ1) is 18.5. The molecule has 0 aliphatic carbocycles. The van der Waals surface area contributed by atoms with Crippen molar-refractivity contribution in [3.8, 4) is 0 Å². The number of benzene rings is 4. The highest BCUT2D eigenvalue weighted by molar-refractivity contribution is 5.88. The van der Waals surface area contributed by atoms with Gasteiger partial charge in [-0.15, -0.1) is 0 Å². The van der Waals surface area contributed by atoms with E-state index in [9.17, 15) is 19.5 Å². The van der Waals surface area contributed by atoms with Gasteiger partial charge in [-0.2, -0.15) is 0 Å². The molecule has 2 N–H and O–H groups in total. The van der Waals surface area contributed by atoms with Gasteiger partial charge in [0.15, 0.2) is 0 Å². The monoisotopic (exact) mass is 507 g/mol. The lowest BCUT2D eigenvalue weighted by atomic mass is 9.67. The number of esters is 1. The first-order valence-electron chi connectivity index (χ1n) is 12.4. The summed E-state index contributed by atoms with van der Waals surface area (Å²) >= 11 is 0. The maximum atomic E-state index is 13.5. The minimum Gasteiger partial charge on any atom is -0.480 e. The second-order valence-corrected chi connectivity index (χ2v) is 8.99. The van der Waals surface area contributed by atoms with E-state index in [1.165, 1.54) is 0 Å². The lowest BCUT2D eigenvalue weighted by Gasteiger charge is -2.36. The van der Waals surface area contributed by atoms with Crippen molar-refractivity contribution in [2.24, 2.45) is 0 Å². The highest BCUT2D eigenvalue weighted by Crippen LogP contribution is 2.42. The third-order valence-electron chi connectivity index (χ3n) is 6.47. The minimum atomic E-state index is -1.43. The third-order valence-corrected chi connectivity index (χ3v) is 6.47. The average Bonchev–Trinajstić information content (AvgIpc) is 2.96. The third kappa shape index (κ3) is 6.34. The number of ether oxygens (including phenoxy) is 1. The number of hydrogen-bond acceptors (Lipinski definition) is 4. The van der Waals surface area contributed by atoms with E-state index in [1.54, 1.807) is 12.1 Å². The summed E-state index contributed by atoms with van der Waals surface area (Å²) in [5.74, 6) is -2.51. The van der Waals surface area contributed by atoms with E-state index in [0.717, 1.165) is 22.3 Å². The molecule has 0 saturated carbocycles. The molecule has 0 aromatic heterocycles. The Morgan fingerprint density at radius 2 is 1.11 bits per heavy atom. The Morgan fingerprint density at radius 1 is 0.684 bits per heavy atom. The van der Waals surface area contributed by atoms with Crippen LogP contribution in [0.4, 0.5) is 0 Å². The van der Waals surface area contributed by atoms with Gasteiger partial charge in [0.1, 0.15) is 12.6 Å². The maximum Gasteiger partial charge on any atom is 0.326 e. The number of hydrogen-bond donors (Lipinski definition) is 2. The largest absolute Gasteiger partial charge is 0.480 e. The van der Waals surface area contributed by atoms with E-state index < -0.39 is 35.7 Å². The Kier molecular flexibility index (Phi) is 8.67. The van der Waals surface area contributed by atoms with Gasteiger partial charge in [0, 0.05) is 6.42 Å². The van der Waals surface area contributed by atoms with Crippen LogP contribution >= 0.6 is 0 Å². The van der Waals surface area contributed by atoms with Crippen LogP contribution in [0.2, 0.25) is 0 Å². The van der Waals surface area contributed by atoms with Crippen LogP contribution in [0, 0.1) is 0 Å². The number of carbonyl (C=O) groups is 3. The Hall–Kier alpha value is -4.71. The van der Waals surface area contributed by atoms with Gasteiger partial charge in [-0.3, -0.25) is 9.59 Å². The zero-order chi connectivity index (χ0) is 26.8. The number of carbonyl (C=O) groups excluding carboxylic acids is 2. The number of aliphatic carboxylic acids is 1. The van der Waals surface area contributed by atoms with Crippen LogP contribution < -0.4 is 5.32 Å². The van der Waals surface area contributed by atoms with E-state index in [1.807, 2.05) is 109 Å². The van der Waals surface area contributed by atoms with Crippen LogP contribution in [-0.4, -0.2) is 29.0 Å². The van der Waals surface area contributed by atoms with Gasteiger partial charge in [0.05, 0.1) is 11.8 Å². The molecule has 4 aromatic carbocycles. The Morgan fingerprint density at radius 3 is 1.53 bits per heavy atom. The summed E-state index contributed by atoms with van der Waals surface area (Å²) in [7, 11) is 0. The highest BCUT2D eigenvalue weighted by Gasteiger charge is 2.39. The van der Waals surface area contributed by atoms with Gasteiger partial charge < -0.3 is 15.2 Å². The smallest absolute Gasteiger partial charge is 0.326 e. The Balaban J connectivity index is 1.59. The van der Waals surface area contributed by atoms with Crippen molar-refractivity contribution in [2.75, 3.05) is 0 Å². The number of carboxylic acids is 1. The van der Waals surface area contributed by atoms with E-state index in [4.69, 9.17) is 4.74 Å². The molecule has 6 nitrogen and oxygen atoms in total. The van der Waals surface area contributed by atoms with E-state index >= 15 is 0 Å². The fourth-order valence-electron chi connectivity index (χ4n) is 4.62. The van der Waals surface area contributed by atoms with Crippen molar-refractivity contribution < 1.29 is 24.2 Å². The molecule has 0 aliphatic heterocycles. The second kappa shape index (κ2) is 12.5.